The summed E-state index contributed by atoms with van der Waals surface area (Å²) in [6.45, 7) is 11.5. The molecule has 11 heavy (non-hydrogen) atoms. The first-order chi connectivity index (χ1) is 5.35. The highest BCUT2D eigenvalue weighted by atomic mass is 16.6. The predicted octanol–water partition coefficient (Wildman–Crippen LogP) is 3.63. The first-order valence-electron chi connectivity index (χ1n) is 4.96. The van der Waals surface area contributed by atoms with Crippen LogP contribution >= 0.6 is 0 Å². The molecule has 1 heteroatoms. The highest BCUT2D eigenvalue weighted by Crippen LogP contribution is 2.14. The maximum atomic E-state index is 4.95. The van der Waals surface area contributed by atoms with E-state index in [0.29, 0.717) is 6.10 Å². The molecule has 1 fully saturated rings. The summed E-state index contributed by atoms with van der Waals surface area (Å²) in [5.41, 5.74) is 0. The number of epoxide rings is 1. The van der Waals surface area contributed by atoms with Crippen LogP contribution in [-0.4, -0.2) is 12.7 Å². The predicted molar refractivity (Wildman–Crippen MR) is 52.0 cm³/mol. The summed E-state index contributed by atoms with van der Waals surface area (Å²) in [5, 5.41) is 0. The maximum absolute atomic E-state index is 4.95. The molecule has 1 atom stereocenters. The molecule has 0 aromatic heterocycles. The molecule has 0 spiro atoms. The first kappa shape index (κ1) is 13.5. The van der Waals surface area contributed by atoms with Gasteiger partial charge in [-0.05, 0) is 6.42 Å². The van der Waals surface area contributed by atoms with E-state index < -0.39 is 0 Å². The Labute approximate surface area is 72.1 Å². The van der Waals surface area contributed by atoms with Crippen LogP contribution in [0.3, 0.4) is 0 Å². The van der Waals surface area contributed by atoms with E-state index in [2.05, 4.69) is 20.8 Å². The molecule has 0 N–H and O–H groups in total. The highest BCUT2D eigenvalue weighted by Gasteiger charge is 2.19. The smallest absolute Gasteiger partial charge is 0.0809 e. The van der Waals surface area contributed by atoms with Crippen molar-refractivity contribution in [3.05, 3.63) is 0 Å². The molecule has 0 saturated carbocycles. The Balaban J connectivity index is 0. The van der Waals surface area contributed by atoms with Gasteiger partial charge in [-0.1, -0.05) is 47.5 Å². The Hall–Kier alpha value is -0.0400. The summed E-state index contributed by atoms with van der Waals surface area (Å²) >= 11 is 0. The van der Waals surface area contributed by atoms with Crippen molar-refractivity contribution in [3.8, 4) is 0 Å². The summed E-state index contributed by atoms with van der Waals surface area (Å²) in [4.78, 5) is 0. The lowest BCUT2D eigenvalue weighted by atomic mass is 10.3. The average molecular weight is 160 g/mol. The van der Waals surface area contributed by atoms with E-state index in [0.717, 1.165) is 6.61 Å². The van der Waals surface area contributed by atoms with Gasteiger partial charge in [0, 0.05) is 0 Å². The van der Waals surface area contributed by atoms with Crippen molar-refractivity contribution in [2.24, 2.45) is 0 Å². The molecule has 1 saturated heterocycles. The van der Waals surface area contributed by atoms with Gasteiger partial charge in [0.25, 0.3) is 0 Å². The molecular formula is C10H24O. The third-order valence-electron chi connectivity index (χ3n) is 1.01. The summed E-state index contributed by atoms with van der Waals surface area (Å²) < 4.78 is 4.95. The molecule has 0 aromatic rings. The van der Waals surface area contributed by atoms with E-state index in [4.69, 9.17) is 4.74 Å². The molecule has 1 rings (SSSR count). The molecule has 0 aliphatic carbocycles. The Morgan fingerprint density at radius 2 is 1.55 bits per heavy atom. The van der Waals surface area contributed by atoms with Gasteiger partial charge in [-0.25, -0.2) is 0 Å². The number of hydrogen-bond donors (Lipinski definition) is 0. The molecule has 0 radical (unpaired) electrons. The van der Waals surface area contributed by atoms with Crippen molar-refractivity contribution >= 4 is 0 Å². The topological polar surface area (TPSA) is 12.5 Å². The van der Waals surface area contributed by atoms with Crippen molar-refractivity contribution in [1.82, 2.24) is 0 Å². The van der Waals surface area contributed by atoms with Gasteiger partial charge in [0.15, 0.2) is 0 Å². The van der Waals surface area contributed by atoms with Gasteiger partial charge in [-0.3, -0.25) is 0 Å². The zero-order chi connectivity index (χ0) is 9.11. The second-order valence-electron chi connectivity index (χ2n) is 2.45. The van der Waals surface area contributed by atoms with Gasteiger partial charge in [0.05, 0.1) is 12.7 Å². The molecule has 0 aromatic carbocycles. The maximum Gasteiger partial charge on any atom is 0.0809 e. The van der Waals surface area contributed by atoms with Crippen molar-refractivity contribution in [2.75, 3.05) is 6.61 Å². The highest BCUT2D eigenvalue weighted by molar-refractivity contribution is 4.66. The van der Waals surface area contributed by atoms with E-state index in [1.165, 1.54) is 19.3 Å². The molecule has 1 nitrogen and oxygen atoms in total. The van der Waals surface area contributed by atoms with Crippen LogP contribution in [0.25, 0.3) is 0 Å². The van der Waals surface area contributed by atoms with E-state index in [-0.39, 0.29) is 0 Å². The minimum Gasteiger partial charge on any atom is -0.373 e. The molecule has 1 heterocycles. The first-order valence-corrected chi connectivity index (χ1v) is 4.96. The number of rotatable bonds is 2. The van der Waals surface area contributed by atoms with Gasteiger partial charge in [-0.15, -0.1) is 0 Å². The van der Waals surface area contributed by atoms with Crippen LogP contribution in [0.2, 0.25) is 0 Å². The monoisotopic (exact) mass is 160 g/mol. The van der Waals surface area contributed by atoms with E-state index in [1.807, 2.05) is 13.8 Å². The number of ether oxygens (including phenoxy) is 1. The van der Waals surface area contributed by atoms with E-state index in [1.54, 1.807) is 0 Å². The minimum absolute atomic E-state index is 0.648. The Kier molecular flexibility index (Phi) is 15.5. The van der Waals surface area contributed by atoms with Crippen LogP contribution in [0, 0.1) is 0 Å². The summed E-state index contributed by atoms with van der Waals surface area (Å²) in [7, 11) is 0. The van der Waals surface area contributed by atoms with Crippen LogP contribution in [0.4, 0.5) is 0 Å². The third kappa shape index (κ3) is 17.8. The molecule has 1 aliphatic heterocycles. The molecular weight excluding hydrogens is 136 g/mol. The lowest BCUT2D eigenvalue weighted by molar-refractivity contribution is 0.395. The van der Waals surface area contributed by atoms with Crippen molar-refractivity contribution in [3.63, 3.8) is 0 Å². The van der Waals surface area contributed by atoms with Crippen LogP contribution in [0.15, 0.2) is 0 Å². The zero-order valence-corrected chi connectivity index (χ0v) is 8.81. The Bertz CT molecular complexity index is 48.8. The van der Waals surface area contributed by atoms with Crippen LogP contribution in [0.1, 0.15) is 53.9 Å². The van der Waals surface area contributed by atoms with Crippen molar-refractivity contribution in [1.29, 1.82) is 0 Å². The lowest BCUT2D eigenvalue weighted by Crippen LogP contribution is -1.78. The summed E-state index contributed by atoms with van der Waals surface area (Å²) in [5.74, 6) is 0. The Morgan fingerprint density at radius 3 is 1.64 bits per heavy atom. The van der Waals surface area contributed by atoms with Gasteiger partial charge < -0.3 is 4.74 Å². The molecule has 1 unspecified atom stereocenters. The zero-order valence-electron chi connectivity index (χ0n) is 8.81. The summed E-state index contributed by atoms with van der Waals surface area (Å²) in [6.07, 6.45) is 4.43. The molecule has 1 aliphatic rings. The van der Waals surface area contributed by atoms with E-state index >= 15 is 0 Å². The largest absolute Gasteiger partial charge is 0.373 e. The van der Waals surface area contributed by atoms with Crippen LogP contribution in [-0.2, 0) is 4.74 Å². The van der Waals surface area contributed by atoms with Crippen LogP contribution < -0.4 is 0 Å². The summed E-state index contributed by atoms with van der Waals surface area (Å²) in [6, 6.07) is 0. The average Bonchev–Trinajstić information content (AvgIpc) is 2.79. The third-order valence-corrected chi connectivity index (χ3v) is 1.01. The quantitative estimate of drug-likeness (QED) is 0.562. The van der Waals surface area contributed by atoms with Gasteiger partial charge >= 0.3 is 0 Å². The Morgan fingerprint density at radius 1 is 1.18 bits per heavy atom. The normalized spacial score (nSPS) is 18.8. The van der Waals surface area contributed by atoms with E-state index in [9.17, 15) is 0 Å². The van der Waals surface area contributed by atoms with Crippen molar-refractivity contribution < 1.29 is 4.74 Å². The fraction of sp³-hybridized carbons (Fsp3) is 1.00. The van der Waals surface area contributed by atoms with Gasteiger partial charge in [0.2, 0.25) is 0 Å². The minimum atomic E-state index is 0.648. The molecule has 0 bridgehead atoms. The fourth-order valence-electron chi connectivity index (χ4n) is 0.557. The molecule has 0 amide bonds. The van der Waals surface area contributed by atoms with Crippen molar-refractivity contribution in [2.45, 2.75) is 60.0 Å². The van der Waals surface area contributed by atoms with Gasteiger partial charge in [0.1, 0.15) is 0 Å². The standard InChI is InChI=1S/C5H10O.C3H8.C2H6/c1-2-3-5-4-6-5;1-3-2;1-2/h5H,2-4H2,1H3;3H2,1-2H3;1-2H3. The fourth-order valence-corrected chi connectivity index (χ4v) is 0.557. The molecule has 70 valence electrons. The SMILES string of the molecule is CC.CCC.CCCC1CO1. The lowest BCUT2D eigenvalue weighted by Gasteiger charge is -1.79. The van der Waals surface area contributed by atoms with Gasteiger partial charge in [-0.2, -0.15) is 0 Å². The second kappa shape index (κ2) is 12.6. The number of hydrogen-bond acceptors (Lipinski definition) is 1. The van der Waals surface area contributed by atoms with Crippen LogP contribution in [0.5, 0.6) is 0 Å². The second-order valence-corrected chi connectivity index (χ2v) is 2.45.